The zero-order valence-electron chi connectivity index (χ0n) is 17.3. The number of phenols is 1. The largest absolute Gasteiger partial charge is 0.508 e. The molecule has 1 saturated carbocycles. The van der Waals surface area contributed by atoms with Gasteiger partial charge in [0.15, 0.2) is 0 Å². The van der Waals surface area contributed by atoms with Crippen molar-refractivity contribution in [2.75, 3.05) is 17.7 Å². The number of rotatable bonds is 4. The number of carbonyl (C=O) groups is 3. The molecule has 0 saturated heterocycles. The van der Waals surface area contributed by atoms with Crippen LogP contribution in [0.3, 0.4) is 0 Å². The number of aromatic hydroxyl groups is 1. The molecule has 2 aromatic rings. The minimum absolute atomic E-state index is 0.0522. The maximum atomic E-state index is 12.4. The normalized spacial score (nSPS) is 17.6. The van der Waals surface area contributed by atoms with E-state index in [1.165, 1.54) is 0 Å². The standard InChI is InChI=1S/C22H24N2O4.CH2O2/c1-28-20-11-15(25)7-9-17(20)18-12-21(26)24-19-10-14(6-8-16(18)19)23-22(27)13-4-2-3-5-13;2-1-3/h6-11,13,18,25H,2-5,12H2,1H3,(H,23,27)(H,24,26);1H,(H,2,3). The molecule has 8 heteroatoms. The Bertz CT molecular complexity index is 969. The third-order valence-electron chi connectivity index (χ3n) is 5.68. The molecule has 164 valence electrons. The van der Waals surface area contributed by atoms with Gasteiger partial charge in [0.25, 0.3) is 6.47 Å². The predicted octanol–water partition coefficient (Wildman–Crippen LogP) is 3.70. The maximum Gasteiger partial charge on any atom is 0.290 e. The van der Waals surface area contributed by atoms with E-state index < -0.39 is 0 Å². The second-order valence-electron chi connectivity index (χ2n) is 7.61. The first-order valence-electron chi connectivity index (χ1n) is 10.2. The maximum absolute atomic E-state index is 12.4. The van der Waals surface area contributed by atoms with Gasteiger partial charge in [0.2, 0.25) is 11.8 Å². The number of hydrogen-bond acceptors (Lipinski definition) is 5. The highest BCUT2D eigenvalue weighted by molar-refractivity contribution is 5.98. The minimum Gasteiger partial charge on any atom is -0.508 e. The van der Waals surface area contributed by atoms with E-state index >= 15 is 0 Å². The molecule has 1 fully saturated rings. The van der Waals surface area contributed by atoms with Crippen molar-refractivity contribution in [1.82, 2.24) is 0 Å². The van der Waals surface area contributed by atoms with Crippen LogP contribution in [-0.2, 0) is 14.4 Å². The Balaban J connectivity index is 0.000000858. The molecule has 31 heavy (non-hydrogen) atoms. The van der Waals surface area contributed by atoms with Crippen LogP contribution in [0.25, 0.3) is 0 Å². The first-order chi connectivity index (χ1) is 15.0. The molecule has 0 aromatic heterocycles. The Hall–Kier alpha value is -3.55. The molecule has 0 radical (unpaired) electrons. The summed E-state index contributed by atoms with van der Waals surface area (Å²) < 4.78 is 5.41. The molecule has 2 aliphatic rings. The molecule has 2 aromatic carbocycles. The monoisotopic (exact) mass is 426 g/mol. The van der Waals surface area contributed by atoms with E-state index in [-0.39, 0.29) is 35.9 Å². The molecule has 1 aliphatic carbocycles. The van der Waals surface area contributed by atoms with Crippen molar-refractivity contribution in [3.05, 3.63) is 47.5 Å². The lowest BCUT2D eigenvalue weighted by Gasteiger charge is -2.27. The SMILES string of the molecule is COc1cc(O)ccc1C1CC(=O)Nc2cc(NC(=O)C3CCCC3)ccc21.O=CO. The van der Waals surface area contributed by atoms with E-state index in [2.05, 4.69) is 10.6 Å². The minimum atomic E-state index is -0.250. The van der Waals surface area contributed by atoms with E-state index in [0.29, 0.717) is 23.5 Å². The van der Waals surface area contributed by atoms with Crippen LogP contribution in [0.4, 0.5) is 11.4 Å². The topological polar surface area (TPSA) is 125 Å². The van der Waals surface area contributed by atoms with Gasteiger partial charge in [-0.15, -0.1) is 0 Å². The first-order valence-corrected chi connectivity index (χ1v) is 10.2. The summed E-state index contributed by atoms with van der Waals surface area (Å²) in [6.07, 6.45) is 4.39. The van der Waals surface area contributed by atoms with Gasteiger partial charge in [-0.25, -0.2) is 0 Å². The average Bonchev–Trinajstić information content (AvgIpc) is 3.28. The predicted molar refractivity (Wildman–Crippen MR) is 115 cm³/mol. The molecular formula is C23H26N2O6. The van der Waals surface area contributed by atoms with Crippen LogP contribution in [0, 0.1) is 5.92 Å². The van der Waals surface area contributed by atoms with E-state index in [1.807, 2.05) is 18.2 Å². The summed E-state index contributed by atoms with van der Waals surface area (Å²) in [5.41, 5.74) is 3.19. The fourth-order valence-corrected chi connectivity index (χ4v) is 4.24. The molecule has 4 rings (SSSR count). The number of carbonyl (C=O) groups excluding carboxylic acids is 2. The summed E-state index contributed by atoms with van der Waals surface area (Å²) in [7, 11) is 1.55. The Kier molecular flexibility index (Phi) is 7.12. The van der Waals surface area contributed by atoms with Gasteiger partial charge >= 0.3 is 0 Å². The van der Waals surface area contributed by atoms with E-state index in [1.54, 1.807) is 25.3 Å². The number of methoxy groups -OCH3 is 1. The molecular weight excluding hydrogens is 400 g/mol. The highest BCUT2D eigenvalue weighted by Gasteiger charge is 2.29. The first kappa shape index (κ1) is 22.1. The Morgan fingerprint density at radius 2 is 1.84 bits per heavy atom. The number of fused-ring (bicyclic) bond motifs is 1. The van der Waals surface area contributed by atoms with Crippen LogP contribution in [0.15, 0.2) is 36.4 Å². The van der Waals surface area contributed by atoms with Crippen LogP contribution >= 0.6 is 0 Å². The fourth-order valence-electron chi connectivity index (χ4n) is 4.24. The van der Waals surface area contributed by atoms with Crippen LogP contribution in [0.2, 0.25) is 0 Å². The zero-order chi connectivity index (χ0) is 22.4. The van der Waals surface area contributed by atoms with Gasteiger partial charge in [-0.1, -0.05) is 25.0 Å². The molecule has 1 atom stereocenters. The summed E-state index contributed by atoms with van der Waals surface area (Å²) in [5.74, 6) is 0.525. The van der Waals surface area contributed by atoms with Crippen LogP contribution < -0.4 is 15.4 Å². The van der Waals surface area contributed by atoms with Crippen molar-refractivity contribution in [1.29, 1.82) is 0 Å². The highest BCUT2D eigenvalue weighted by Crippen LogP contribution is 2.42. The fraction of sp³-hybridized carbons (Fsp3) is 0.348. The molecule has 8 nitrogen and oxygen atoms in total. The molecule has 1 heterocycles. The van der Waals surface area contributed by atoms with Gasteiger partial charge in [0, 0.05) is 41.3 Å². The molecule has 0 bridgehead atoms. The number of phenolic OH excluding ortho intramolecular Hbond substituents is 1. The van der Waals surface area contributed by atoms with Gasteiger partial charge in [-0.2, -0.15) is 0 Å². The second-order valence-corrected chi connectivity index (χ2v) is 7.61. The third kappa shape index (κ3) is 5.14. The number of ether oxygens (including phenoxy) is 1. The smallest absolute Gasteiger partial charge is 0.290 e. The molecule has 4 N–H and O–H groups in total. The average molecular weight is 426 g/mol. The van der Waals surface area contributed by atoms with E-state index in [0.717, 1.165) is 36.8 Å². The number of hydrogen-bond donors (Lipinski definition) is 4. The number of carboxylic acid groups (broad SMARTS) is 1. The number of benzene rings is 2. The summed E-state index contributed by atoms with van der Waals surface area (Å²) in [5, 5.41) is 22.5. The molecule has 1 aliphatic heterocycles. The molecule has 2 amide bonds. The van der Waals surface area contributed by atoms with Gasteiger partial charge in [0.1, 0.15) is 11.5 Å². The quantitative estimate of drug-likeness (QED) is 0.553. The van der Waals surface area contributed by atoms with Crippen molar-refractivity contribution in [2.24, 2.45) is 5.92 Å². The lowest BCUT2D eigenvalue weighted by molar-refractivity contribution is -0.123. The van der Waals surface area contributed by atoms with Crippen LogP contribution in [0.5, 0.6) is 11.5 Å². The second kappa shape index (κ2) is 9.97. The lowest BCUT2D eigenvalue weighted by Crippen LogP contribution is -2.24. The highest BCUT2D eigenvalue weighted by atomic mass is 16.5. The van der Waals surface area contributed by atoms with Crippen molar-refractivity contribution in [2.45, 2.75) is 38.0 Å². The Morgan fingerprint density at radius 3 is 2.52 bits per heavy atom. The van der Waals surface area contributed by atoms with E-state index in [9.17, 15) is 14.7 Å². The summed E-state index contributed by atoms with van der Waals surface area (Å²) in [6, 6.07) is 10.6. The van der Waals surface area contributed by atoms with E-state index in [4.69, 9.17) is 14.6 Å². The summed E-state index contributed by atoms with van der Waals surface area (Å²) >= 11 is 0. The van der Waals surface area contributed by atoms with Gasteiger partial charge in [-0.3, -0.25) is 14.4 Å². The van der Waals surface area contributed by atoms with Crippen LogP contribution in [0.1, 0.15) is 49.1 Å². The molecule has 0 spiro atoms. The van der Waals surface area contributed by atoms with Crippen molar-refractivity contribution in [3.63, 3.8) is 0 Å². The van der Waals surface area contributed by atoms with Gasteiger partial charge < -0.3 is 25.6 Å². The Labute approximate surface area is 180 Å². The number of anilines is 2. The number of amides is 2. The Morgan fingerprint density at radius 1 is 1.16 bits per heavy atom. The van der Waals surface area contributed by atoms with Gasteiger partial charge in [-0.05, 0) is 36.6 Å². The summed E-state index contributed by atoms with van der Waals surface area (Å²) in [6.45, 7) is -0.250. The van der Waals surface area contributed by atoms with Crippen molar-refractivity contribution < 1.29 is 29.3 Å². The van der Waals surface area contributed by atoms with Gasteiger partial charge in [0.05, 0.1) is 7.11 Å². The zero-order valence-corrected chi connectivity index (χ0v) is 17.3. The third-order valence-corrected chi connectivity index (χ3v) is 5.68. The van der Waals surface area contributed by atoms with Crippen LogP contribution in [-0.4, -0.2) is 35.6 Å². The van der Waals surface area contributed by atoms with Crippen molar-refractivity contribution >= 4 is 29.7 Å². The number of nitrogens with one attached hydrogen (secondary N) is 2. The van der Waals surface area contributed by atoms with Crippen molar-refractivity contribution in [3.8, 4) is 11.5 Å². The summed E-state index contributed by atoms with van der Waals surface area (Å²) in [4.78, 5) is 33.1. The lowest BCUT2D eigenvalue weighted by atomic mass is 9.84. The molecule has 1 unspecified atom stereocenters.